The molecule has 10 heteroatoms. The van der Waals surface area contributed by atoms with Gasteiger partial charge in [-0.15, -0.1) is 11.3 Å². The fraction of sp³-hybridized carbons (Fsp3) is 0.350. The zero-order valence-electron chi connectivity index (χ0n) is 16.2. The van der Waals surface area contributed by atoms with Crippen molar-refractivity contribution in [2.45, 2.75) is 19.1 Å². The first kappa shape index (κ1) is 20.5. The second-order valence-corrected chi connectivity index (χ2v) is 8.00. The molecule has 1 saturated heterocycles. The molecule has 6 nitrogen and oxygen atoms in total. The Morgan fingerprint density at radius 1 is 1.17 bits per heavy atom. The Labute approximate surface area is 175 Å². The predicted octanol–water partition coefficient (Wildman–Crippen LogP) is 3.86. The van der Waals surface area contributed by atoms with Gasteiger partial charge in [-0.2, -0.15) is 13.2 Å². The summed E-state index contributed by atoms with van der Waals surface area (Å²) in [4.78, 5) is 26.4. The lowest BCUT2D eigenvalue weighted by Gasteiger charge is -2.38. The molecule has 0 saturated carbocycles. The molecule has 30 heavy (non-hydrogen) atoms. The number of rotatable bonds is 4. The Kier molecular flexibility index (Phi) is 5.61. The third-order valence-corrected chi connectivity index (χ3v) is 6.06. The third kappa shape index (κ3) is 4.24. The first-order valence-corrected chi connectivity index (χ1v) is 10.4. The van der Waals surface area contributed by atoms with E-state index in [1.54, 1.807) is 24.6 Å². The summed E-state index contributed by atoms with van der Waals surface area (Å²) in [5.74, 6) is 0.562. The number of alkyl halides is 3. The summed E-state index contributed by atoms with van der Waals surface area (Å²) < 4.78 is 38.6. The monoisotopic (exact) mass is 435 g/mol. The molecule has 1 N–H and O–H groups in total. The maximum absolute atomic E-state index is 12.9. The van der Waals surface area contributed by atoms with Crippen molar-refractivity contribution in [1.82, 2.24) is 14.9 Å². The summed E-state index contributed by atoms with van der Waals surface area (Å²) in [5, 5.41) is 5.61. The Morgan fingerprint density at radius 2 is 1.93 bits per heavy atom. The van der Waals surface area contributed by atoms with Gasteiger partial charge in [-0.05, 0) is 36.6 Å². The van der Waals surface area contributed by atoms with Crippen LogP contribution in [0.2, 0.25) is 0 Å². The second kappa shape index (κ2) is 8.19. The van der Waals surface area contributed by atoms with E-state index in [4.69, 9.17) is 0 Å². The number of aromatic nitrogens is 2. The highest BCUT2D eigenvalue weighted by Gasteiger charge is 2.31. The Balaban J connectivity index is 1.38. The number of carbonyl (C=O) groups is 1. The number of fused-ring (bicyclic) bond motifs is 1. The van der Waals surface area contributed by atoms with Crippen molar-refractivity contribution in [2.75, 3.05) is 36.4 Å². The average molecular weight is 435 g/mol. The summed E-state index contributed by atoms with van der Waals surface area (Å²) in [6.45, 7) is 4.45. The summed E-state index contributed by atoms with van der Waals surface area (Å²) in [6.07, 6.45) is -2.89. The molecule has 1 amide bonds. The average Bonchev–Trinajstić information content (AvgIpc) is 3.22. The van der Waals surface area contributed by atoms with E-state index in [0.717, 1.165) is 28.2 Å². The molecule has 158 valence electrons. The van der Waals surface area contributed by atoms with Gasteiger partial charge >= 0.3 is 6.18 Å². The zero-order chi connectivity index (χ0) is 21.3. The largest absolute Gasteiger partial charge is 0.416 e. The summed E-state index contributed by atoms with van der Waals surface area (Å²) in [7, 11) is 0. The van der Waals surface area contributed by atoms with Gasteiger partial charge in [0.15, 0.2) is 0 Å². The van der Waals surface area contributed by atoms with Gasteiger partial charge < -0.3 is 10.2 Å². The molecule has 4 rings (SSSR count). The standard InChI is InChI=1S/C20H20F3N5OS/c1-13(18(29)26-15-4-2-3-14(11-15)20(21,22)23)27-6-8-28(9-7-27)17-16-5-10-30-19(16)25-12-24-17/h2-5,10-13H,6-9H2,1H3,(H,26,29). The minimum Gasteiger partial charge on any atom is -0.353 e. The van der Waals surface area contributed by atoms with Crippen LogP contribution >= 0.6 is 11.3 Å². The zero-order valence-corrected chi connectivity index (χ0v) is 17.0. The molecule has 1 fully saturated rings. The quantitative estimate of drug-likeness (QED) is 0.675. The summed E-state index contributed by atoms with van der Waals surface area (Å²) in [5.41, 5.74) is -0.646. The van der Waals surface area contributed by atoms with Crippen molar-refractivity contribution in [2.24, 2.45) is 0 Å². The maximum atomic E-state index is 12.9. The van der Waals surface area contributed by atoms with Crippen molar-refractivity contribution in [1.29, 1.82) is 0 Å². The van der Waals surface area contributed by atoms with Gasteiger partial charge in [-0.3, -0.25) is 9.69 Å². The Hall–Kier alpha value is -2.72. The van der Waals surface area contributed by atoms with E-state index in [1.165, 1.54) is 12.1 Å². The van der Waals surface area contributed by atoms with Crippen molar-refractivity contribution in [3.05, 3.63) is 47.6 Å². The lowest BCUT2D eigenvalue weighted by Crippen LogP contribution is -2.53. The summed E-state index contributed by atoms with van der Waals surface area (Å²) >= 11 is 1.57. The van der Waals surface area contributed by atoms with Crippen LogP contribution < -0.4 is 10.2 Å². The van der Waals surface area contributed by atoms with Gasteiger partial charge in [0.1, 0.15) is 17.0 Å². The number of amides is 1. The van der Waals surface area contributed by atoms with Crippen LogP contribution in [-0.2, 0) is 11.0 Å². The molecule has 0 spiro atoms. The normalized spacial score (nSPS) is 16.6. The van der Waals surface area contributed by atoms with Crippen LogP contribution in [-0.4, -0.2) is 53.0 Å². The maximum Gasteiger partial charge on any atom is 0.416 e. The highest BCUT2D eigenvalue weighted by atomic mass is 32.1. The first-order valence-electron chi connectivity index (χ1n) is 9.48. The highest BCUT2D eigenvalue weighted by Crippen LogP contribution is 2.31. The number of carbonyl (C=O) groups excluding carboxylic acids is 1. The van der Waals surface area contributed by atoms with E-state index < -0.39 is 17.8 Å². The number of benzene rings is 1. The lowest BCUT2D eigenvalue weighted by atomic mass is 10.1. The van der Waals surface area contributed by atoms with E-state index in [2.05, 4.69) is 20.2 Å². The van der Waals surface area contributed by atoms with Crippen LogP contribution in [0.15, 0.2) is 42.0 Å². The molecular weight excluding hydrogens is 415 g/mol. The van der Waals surface area contributed by atoms with E-state index in [9.17, 15) is 18.0 Å². The third-order valence-electron chi connectivity index (χ3n) is 5.24. The molecule has 1 aliphatic rings. The Bertz CT molecular complexity index is 1050. The molecule has 3 heterocycles. The van der Waals surface area contributed by atoms with Gasteiger partial charge in [0.05, 0.1) is 17.0 Å². The predicted molar refractivity (Wildman–Crippen MR) is 111 cm³/mol. The Morgan fingerprint density at radius 3 is 2.67 bits per heavy atom. The van der Waals surface area contributed by atoms with E-state index >= 15 is 0 Å². The molecule has 1 unspecified atom stereocenters. The molecule has 0 bridgehead atoms. The second-order valence-electron chi connectivity index (χ2n) is 7.10. The fourth-order valence-corrected chi connectivity index (χ4v) is 4.26. The van der Waals surface area contributed by atoms with Gasteiger partial charge in [0, 0.05) is 31.9 Å². The van der Waals surface area contributed by atoms with E-state index in [-0.39, 0.29) is 11.6 Å². The van der Waals surface area contributed by atoms with E-state index in [0.29, 0.717) is 26.2 Å². The van der Waals surface area contributed by atoms with Gasteiger partial charge in [-0.1, -0.05) is 6.07 Å². The van der Waals surface area contributed by atoms with Gasteiger partial charge in [0.25, 0.3) is 0 Å². The van der Waals surface area contributed by atoms with Crippen molar-refractivity contribution >= 4 is 39.0 Å². The van der Waals surface area contributed by atoms with Crippen LogP contribution in [0.5, 0.6) is 0 Å². The molecule has 1 atom stereocenters. The van der Waals surface area contributed by atoms with Gasteiger partial charge in [0.2, 0.25) is 5.91 Å². The molecule has 1 aromatic carbocycles. The number of piperazine rings is 1. The molecule has 0 aliphatic carbocycles. The molecule has 0 radical (unpaired) electrons. The van der Waals surface area contributed by atoms with Crippen molar-refractivity contribution < 1.29 is 18.0 Å². The van der Waals surface area contributed by atoms with Gasteiger partial charge in [-0.25, -0.2) is 9.97 Å². The number of hydrogen-bond donors (Lipinski definition) is 1. The summed E-state index contributed by atoms with van der Waals surface area (Å²) in [6, 6.07) is 6.22. The number of halogens is 3. The SMILES string of the molecule is CC(C(=O)Nc1cccc(C(F)(F)F)c1)N1CCN(c2ncnc3sccc23)CC1. The number of nitrogens with zero attached hydrogens (tertiary/aromatic N) is 4. The number of anilines is 2. The fourth-order valence-electron chi connectivity index (χ4n) is 3.54. The minimum atomic E-state index is -4.45. The van der Waals surface area contributed by atoms with Crippen LogP contribution in [0, 0.1) is 0 Å². The lowest BCUT2D eigenvalue weighted by molar-refractivity contribution is -0.137. The van der Waals surface area contributed by atoms with Crippen molar-refractivity contribution in [3.63, 3.8) is 0 Å². The molecule has 2 aromatic heterocycles. The van der Waals surface area contributed by atoms with E-state index in [1.807, 2.05) is 16.3 Å². The number of nitrogens with one attached hydrogen (secondary N) is 1. The van der Waals surface area contributed by atoms with Crippen LogP contribution in [0.3, 0.4) is 0 Å². The molecular formula is C20H20F3N5OS. The molecule has 3 aromatic rings. The van der Waals surface area contributed by atoms with Crippen LogP contribution in [0.4, 0.5) is 24.7 Å². The molecule has 1 aliphatic heterocycles. The topological polar surface area (TPSA) is 61.4 Å². The van der Waals surface area contributed by atoms with Crippen LogP contribution in [0.25, 0.3) is 10.2 Å². The smallest absolute Gasteiger partial charge is 0.353 e. The highest BCUT2D eigenvalue weighted by molar-refractivity contribution is 7.16. The first-order chi connectivity index (χ1) is 14.3. The number of thiophene rings is 1. The van der Waals surface area contributed by atoms with Crippen LogP contribution in [0.1, 0.15) is 12.5 Å². The minimum absolute atomic E-state index is 0.140. The van der Waals surface area contributed by atoms with Crippen molar-refractivity contribution in [3.8, 4) is 0 Å². The number of hydrogen-bond acceptors (Lipinski definition) is 6.